The molecule has 0 fully saturated rings. The number of amides is 2. The smallest absolute Gasteiger partial charge is 0.254 e. The van der Waals surface area contributed by atoms with Gasteiger partial charge >= 0.3 is 0 Å². The maximum Gasteiger partial charge on any atom is 0.254 e. The van der Waals surface area contributed by atoms with E-state index in [1.54, 1.807) is 13.2 Å². The number of carbonyl (C=O) groups excluding carboxylic acids is 2. The number of fused-ring (bicyclic) bond motifs is 1. The number of carbonyl (C=O) groups is 2. The minimum absolute atomic E-state index is 0.0596. The van der Waals surface area contributed by atoms with Crippen LogP contribution in [0.3, 0.4) is 0 Å². The highest BCUT2D eigenvalue weighted by Crippen LogP contribution is 2.43. The monoisotopic (exact) mass is 472 g/mol. The Labute approximate surface area is 206 Å². The van der Waals surface area contributed by atoms with Gasteiger partial charge in [-0.25, -0.2) is 0 Å². The molecule has 0 radical (unpaired) electrons. The Balaban J connectivity index is 1.65. The number of aliphatic hydroxyl groups is 1. The first-order valence-electron chi connectivity index (χ1n) is 12.0. The summed E-state index contributed by atoms with van der Waals surface area (Å²) in [6.45, 7) is 4.37. The lowest BCUT2D eigenvalue weighted by Crippen LogP contribution is -2.50. The topological polar surface area (TPSA) is 78.9 Å². The molecule has 0 spiro atoms. The van der Waals surface area contributed by atoms with E-state index in [1.807, 2.05) is 85.5 Å². The van der Waals surface area contributed by atoms with Gasteiger partial charge in [-0.1, -0.05) is 54.6 Å². The molecule has 182 valence electrons. The molecule has 0 saturated heterocycles. The molecule has 6 heteroatoms. The summed E-state index contributed by atoms with van der Waals surface area (Å²) in [5, 5.41) is 12.6. The summed E-state index contributed by atoms with van der Waals surface area (Å²) in [6, 6.07) is 22.1. The molecule has 35 heavy (non-hydrogen) atoms. The maximum absolute atomic E-state index is 13.7. The first-order chi connectivity index (χ1) is 16.9. The van der Waals surface area contributed by atoms with Crippen molar-refractivity contribution in [3.8, 4) is 5.75 Å². The summed E-state index contributed by atoms with van der Waals surface area (Å²) in [5.74, 6) is 0.0571. The second-order valence-corrected chi connectivity index (χ2v) is 9.10. The zero-order valence-corrected chi connectivity index (χ0v) is 20.4. The van der Waals surface area contributed by atoms with Crippen LogP contribution in [0.2, 0.25) is 0 Å². The van der Waals surface area contributed by atoms with Gasteiger partial charge < -0.3 is 20.1 Å². The first-order valence-corrected chi connectivity index (χ1v) is 12.0. The second-order valence-electron chi connectivity index (χ2n) is 9.10. The van der Waals surface area contributed by atoms with E-state index in [9.17, 15) is 14.7 Å². The van der Waals surface area contributed by atoms with Gasteiger partial charge in [-0.05, 0) is 60.7 Å². The van der Waals surface area contributed by atoms with E-state index in [1.165, 1.54) is 0 Å². The molecule has 0 aromatic heterocycles. The van der Waals surface area contributed by atoms with E-state index < -0.39 is 12.0 Å². The van der Waals surface area contributed by atoms with Crippen LogP contribution in [0.5, 0.6) is 5.75 Å². The van der Waals surface area contributed by atoms with Gasteiger partial charge in [0.25, 0.3) is 5.91 Å². The molecule has 0 aliphatic carbocycles. The van der Waals surface area contributed by atoms with Gasteiger partial charge in [-0.2, -0.15) is 0 Å². The molecule has 2 N–H and O–H groups in total. The predicted molar refractivity (Wildman–Crippen MR) is 135 cm³/mol. The number of hydrogen-bond donors (Lipinski definition) is 2. The predicted octanol–water partition coefficient (Wildman–Crippen LogP) is 4.24. The summed E-state index contributed by atoms with van der Waals surface area (Å²) in [6.07, 6.45) is 0.687. The molecular formula is C29H32N2O4. The Morgan fingerprint density at radius 3 is 2.29 bits per heavy atom. The molecule has 3 aromatic carbocycles. The molecular weight excluding hydrogens is 440 g/mol. The van der Waals surface area contributed by atoms with Crippen LogP contribution in [0.15, 0.2) is 72.8 Å². The average Bonchev–Trinajstić information content (AvgIpc) is 2.88. The molecule has 2 amide bonds. The number of nitrogens with zero attached hydrogens (tertiary/aromatic N) is 1. The lowest BCUT2D eigenvalue weighted by Gasteiger charge is -2.44. The lowest BCUT2D eigenvalue weighted by molar-refractivity contribution is -0.124. The number of methoxy groups -OCH3 is 1. The van der Waals surface area contributed by atoms with Crippen molar-refractivity contribution in [1.82, 2.24) is 10.2 Å². The molecule has 0 bridgehead atoms. The van der Waals surface area contributed by atoms with Gasteiger partial charge in [0.15, 0.2) is 0 Å². The summed E-state index contributed by atoms with van der Waals surface area (Å²) in [4.78, 5) is 29.1. The number of ether oxygens (including phenoxy) is 1. The van der Waals surface area contributed by atoms with Crippen molar-refractivity contribution < 1.29 is 19.4 Å². The van der Waals surface area contributed by atoms with E-state index in [0.717, 1.165) is 28.0 Å². The zero-order valence-electron chi connectivity index (χ0n) is 20.4. The number of hydrogen-bond acceptors (Lipinski definition) is 4. The van der Waals surface area contributed by atoms with E-state index in [0.29, 0.717) is 18.5 Å². The maximum atomic E-state index is 13.7. The van der Waals surface area contributed by atoms with Crippen LogP contribution in [-0.2, 0) is 17.8 Å². The van der Waals surface area contributed by atoms with Crippen LogP contribution in [-0.4, -0.2) is 41.5 Å². The van der Waals surface area contributed by atoms with Crippen molar-refractivity contribution >= 4 is 11.8 Å². The minimum atomic E-state index is -0.554. The molecule has 2 atom stereocenters. The Hall–Kier alpha value is -3.64. The molecule has 0 unspecified atom stereocenters. The SMILES string of the molecule is COc1ccc(CCNC(=O)[C@@H]2c3ccccc3C(=O)N(C(C)C)[C@H]2c2ccc(CO)cc2)cc1. The number of nitrogens with one attached hydrogen (secondary N) is 1. The molecule has 1 aliphatic heterocycles. The van der Waals surface area contributed by atoms with Crippen LogP contribution in [0.1, 0.15) is 58.4 Å². The van der Waals surface area contributed by atoms with E-state index in [4.69, 9.17) is 4.74 Å². The van der Waals surface area contributed by atoms with Crippen molar-refractivity contribution in [3.63, 3.8) is 0 Å². The van der Waals surface area contributed by atoms with Gasteiger partial charge in [0.05, 0.1) is 25.7 Å². The largest absolute Gasteiger partial charge is 0.497 e. The zero-order chi connectivity index (χ0) is 24.9. The van der Waals surface area contributed by atoms with Crippen molar-refractivity contribution in [3.05, 3.63) is 101 Å². The lowest BCUT2D eigenvalue weighted by atomic mass is 9.78. The van der Waals surface area contributed by atoms with Crippen LogP contribution in [0.4, 0.5) is 0 Å². The normalized spacial score (nSPS) is 17.3. The number of rotatable bonds is 8. The van der Waals surface area contributed by atoms with E-state index in [2.05, 4.69) is 5.32 Å². The highest BCUT2D eigenvalue weighted by Gasteiger charge is 2.44. The quantitative estimate of drug-likeness (QED) is 0.514. The van der Waals surface area contributed by atoms with Crippen molar-refractivity contribution in [2.75, 3.05) is 13.7 Å². The van der Waals surface area contributed by atoms with E-state index >= 15 is 0 Å². The van der Waals surface area contributed by atoms with Crippen LogP contribution in [0, 0.1) is 0 Å². The summed E-state index contributed by atoms with van der Waals surface area (Å²) in [5.41, 5.74) is 4.07. The number of aliphatic hydroxyl groups excluding tert-OH is 1. The van der Waals surface area contributed by atoms with Crippen LogP contribution in [0.25, 0.3) is 0 Å². The number of benzene rings is 3. The third-order valence-corrected chi connectivity index (χ3v) is 6.59. The summed E-state index contributed by atoms with van der Waals surface area (Å²) >= 11 is 0. The van der Waals surface area contributed by atoms with Gasteiger partial charge in [0.2, 0.25) is 5.91 Å². The Morgan fingerprint density at radius 1 is 1.00 bits per heavy atom. The molecule has 4 rings (SSSR count). The average molecular weight is 473 g/mol. The third-order valence-electron chi connectivity index (χ3n) is 6.59. The molecule has 3 aromatic rings. The fourth-order valence-corrected chi connectivity index (χ4v) is 4.80. The van der Waals surface area contributed by atoms with Crippen molar-refractivity contribution in [2.24, 2.45) is 0 Å². The third kappa shape index (κ3) is 5.08. The fourth-order valence-electron chi connectivity index (χ4n) is 4.80. The minimum Gasteiger partial charge on any atom is -0.497 e. The van der Waals surface area contributed by atoms with E-state index in [-0.39, 0.29) is 24.5 Å². The Bertz CT molecular complexity index is 1170. The summed E-state index contributed by atoms with van der Waals surface area (Å²) < 4.78 is 5.22. The molecule has 1 aliphatic rings. The highest BCUT2D eigenvalue weighted by atomic mass is 16.5. The molecule has 0 saturated carbocycles. The summed E-state index contributed by atoms with van der Waals surface area (Å²) in [7, 11) is 1.64. The highest BCUT2D eigenvalue weighted by molar-refractivity contribution is 6.01. The first kappa shape index (κ1) is 24.5. The van der Waals surface area contributed by atoms with Crippen molar-refractivity contribution in [1.29, 1.82) is 0 Å². The van der Waals surface area contributed by atoms with Gasteiger partial charge in [0.1, 0.15) is 5.75 Å². The van der Waals surface area contributed by atoms with Gasteiger partial charge in [-0.3, -0.25) is 9.59 Å². The Kier molecular flexibility index (Phi) is 7.51. The van der Waals surface area contributed by atoms with Crippen LogP contribution >= 0.6 is 0 Å². The van der Waals surface area contributed by atoms with Crippen LogP contribution < -0.4 is 10.1 Å². The molecule has 1 heterocycles. The standard InChI is InChI=1S/C29H32N2O4/c1-19(2)31-27(22-12-8-21(18-32)9-13-22)26(24-6-4-5-7-25(24)29(31)34)28(33)30-17-16-20-10-14-23(35-3)15-11-20/h4-15,19,26-27,32H,16-18H2,1-3H3,(H,30,33)/t26-,27+/m1/s1. The Morgan fingerprint density at radius 2 is 1.66 bits per heavy atom. The van der Waals surface area contributed by atoms with Gasteiger partial charge in [0, 0.05) is 18.2 Å². The molecule has 6 nitrogen and oxygen atoms in total. The fraction of sp³-hybridized carbons (Fsp3) is 0.310. The second kappa shape index (κ2) is 10.7. The van der Waals surface area contributed by atoms with Gasteiger partial charge in [-0.15, -0.1) is 0 Å². The van der Waals surface area contributed by atoms with Crippen molar-refractivity contribution in [2.45, 2.75) is 44.9 Å².